The Hall–Kier alpha value is -1.42. The van der Waals surface area contributed by atoms with Gasteiger partial charge in [-0.05, 0) is 31.5 Å². The van der Waals surface area contributed by atoms with E-state index in [0.29, 0.717) is 12.2 Å². The molecule has 88 valence electrons. The van der Waals surface area contributed by atoms with Crippen molar-refractivity contribution in [3.8, 4) is 0 Å². The molecular formula is C13H13BrN2O. The van der Waals surface area contributed by atoms with Crippen molar-refractivity contribution in [2.45, 2.75) is 20.4 Å². The number of benzene rings is 1. The predicted octanol–water partition coefficient (Wildman–Crippen LogP) is 3.20. The van der Waals surface area contributed by atoms with Crippen LogP contribution in [0.15, 0.2) is 34.9 Å². The smallest absolute Gasteiger partial charge is 0.211 e. The quantitative estimate of drug-likeness (QED) is 0.814. The number of hydrogen-bond donors (Lipinski definition) is 0. The third-order valence-electron chi connectivity index (χ3n) is 2.76. The summed E-state index contributed by atoms with van der Waals surface area (Å²) in [5, 5.41) is 4.12. The Morgan fingerprint density at radius 2 is 2.18 bits per heavy atom. The van der Waals surface area contributed by atoms with E-state index in [1.807, 2.05) is 32.0 Å². The van der Waals surface area contributed by atoms with Gasteiger partial charge in [0.05, 0.1) is 0 Å². The summed E-state index contributed by atoms with van der Waals surface area (Å²) in [6.45, 7) is 4.60. The van der Waals surface area contributed by atoms with Gasteiger partial charge >= 0.3 is 0 Å². The second kappa shape index (κ2) is 4.84. The second-order valence-corrected chi connectivity index (χ2v) is 4.63. The minimum Gasteiger partial charge on any atom is -0.287 e. The summed E-state index contributed by atoms with van der Waals surface area (Å²) in [5.41, 5.74) is 2.31. The van der Waals surface area contributed by atoms with Gasteiger partial charge in [0.1, 0.15) is 5.69 Å². The molecule has 0 radical (unpaired) electrons. The average Bonchev–Trinajstić information content (AvgIpc) is 2.80. The fourth-order valence-electron chi connectivity index (χ4n) is 1.77. The normalized spacial score (nSPS) is 10.5. The van der Waals surface area contributed by atoms with Crippen molar-refractivity contribution < 1.29 is 4.79 Å². The topological polar surface area (TPSA) is 34.9 Å². The molecule has 1 aromatic heterocycles. The molecule has 0 saturated carbocycles. The highest BCUT2D eigenvalue weighted by Gasteiger charge is 2.16. The van der Waals surface area contributed by atoms with Crippen molar-refractivity contribution in [1.82, 2.24) is 9.78 Å². The zero-order valence-electron chi connectivity index (χ0n) is 9.77. The first-order valence-corrected chi connectivity index (χ1v) is 6.26. The monoisotopic (exact) mass is 292 g/mol. The SMILES string of the molecule is CCn1nccc1C(=O)c1cccc(Br)c1C. The number of ketones is 1. The van der Waals surface area contributed by atoms with Gasteiger partial charge in [0.2, 0.25) is 5.78 Å². The Kier molecular flexibility index (Phi) is 3.43. The van der Waals surface area contributed by atoms with Gasteiger partial charge in [0.25, 0.3) is 0 Å². The first kappa shape index (κ1) is 12.0. The fraction of sp³-hybridized carbons (Fsp3) is 0.231. The molecule has 3 nitrogen and oxygen atoms in total. The maximum absolute atomic E-state index is 12.4. The van der Waals surface area contributed by atoms with Crippen LogP contribution in [0.2, 0.25) is 0 Å². The van der Waals surface area contributed by atoms with Crippen LogP contribution >= 0.6 is 15.9 Å². The first-order chi connectivity index (χ1) is 8.15. The Bertz CT molecular complexity index is 560. The average molecular weight is 293 g/mol. The summed E-state index contributed by atoms with van der Waals surface area (Å²) in [5.74, 6) is 0.0168. The van der Waals surface area contributed by atoms with Gasteiger partial charge in [0.15, 0.2) is 0 Å². The van der Waals surface area contributed by atoms with E-state index in [-0.39, 0.29) is 5.78 Å². The van der Waals surface area contributed by atoms with Crippen molar-refractivity contribution in [3.63, 3.8) is 0 Å². The van der Waals surface area contributed by atoms with E-state index < -0.39 is 0 Å². The summed E-state index contributed by atoms with van der Waals surface area (Å²) in [7, 11) is 0. The lowest BCUT2D eigenvalue weighted by atomic mass is 10.0. The fourth-order valence-corrected chi connectivity index (χ4v) is 2.14. The van der Waals surface area contributed by atoms with Crippen molar-refractivity contribution in [1.29, 1.82) is 0 Å². The van der Waals surface area contributed by atoms with Crippen LogP contribution in [0.4, 0.5) is 0 Å². The summed E-state index contributed by atoms with van der Waals surface area (Å²) in [6.07, 6.45) is 1.66. The molecule has 1 aromatic carbocycles. The third kappa shape index (κ3) is 2.17. The molecule has 0 fully saturated rings. The second-order valence-electron chi connectivity index (χ2n) is 3.77. The molecule has 0 aliphatic heterocycles. The lowest BCUT2D eigenvalue weighted by molar-refractivity contribution is 0.102. The number of carbonyl (C=O) groups excluding carboxylic acids is 1. The molecule has 0 aliphatic carbocycles. The molecule has 4 heteroatoms. The molecule has 0 N–H and O–H groups in total. The molecule has 1 heterocycles. The highest BCUT2D eigenvalue weighted by Crippen LogP contribution is 2.21. The predicted molar refractivity (Wildman–Crippen MR) is 70.2 cm³/mol. The van der Waals surface area contributed by atoms with Crippen LogP contribution in [-0.2, 0) is 6.54 Å². The number of nitrogens with zero attached hydrogens (tertiary/aromatic N) is 2. The number of aryl methyl sites for hydroxylation is 1. The number of aromatic nitrogens is 2. The zero-order chi connectivity index (χ0) is 12.4. The third-order valence-corrected chi connectivity index (χ3v) is 3.62. The maximum atomic E-state index is 12.4. The van der Waals surface area contributed by atoms with Crippen LogP contribution in [-0.4, -0.2) is 15.6 Å². The van der Waals surface area contributed by atoms with E-state index in [2.05, 4.69) is 21.0 Å². The summed E-state index contributed by atoms with van der Waals surface area (Å²) >= 11 is 3.44. The van der Waals surface area contributed by atoms with Crippen LogP contribution in [0.5, 0.6) is 0 Å². The summed E-state index contributed by atoms with van der Waals surface area (Å²) in [6, 6.07) is 7.40. The van der Waals surface area contributed by atoms with Gasteiger partial charge in [-0.15, -0.1) is 0 Å². The standard InChI is InChI=1S/C13H13BrN2O/c1-3-16-12(7-8-15-16)13(17)10-5-4-6-11(14)9(10)2/h4-8H,3H2,1-2H3. The highest BCUT2D eigenvalue weighted by molar-refractivity contribution is 9.10. The molecule has 0 saturated heterocycles. The Balaban J connectivity index is 2.48. The zero-order valence-corrected chi connectivity index (χ0v) is 11.4. The molecule has 0 aliphatic rings. The minimum atomic E-state index is 0.0168. The van der Waals surface area contributed by atoms with E-state index in [4.69, 9.17) is 0 Å². The van der Waals surface area contributed by atoms with Crippen LogP contribution in [0, 0.1) is 6.92 Å². The molecule has 2 aromatic rings. The van der Waals surface area contributed by atoms with E-state index in [1.165, 1.54) is 0 Å². The highest BCUT2D eigenvalue weighted by atomic mass is 79.9. The molecule has 0 amide bonds. The molecule has 0 spiro atoms. The number of hydrogen-bond acceptors (Lipinski definition) is 2. The number of halogens is 1. The molecule has 17 heavy (non-hydrogen) atoms. The van der Waals surface area contributed by atoms with E-state index >= 15 is 0 Å². The molecule has 0 unspecified atom stereocenters. The first-order valence-electron chi connectivity index (χ1n) is 5.46. The van der Waals surface area contributed by atoms with Crippen molar-refractivity contribution in [2.24, 2.45) is 0 Å². The Labute approximate surface area is 109 Å². The largest absolute Gasteiger partial charge is 0.287 e. The summed E-state index contributed by atoms with van der Waals surface area (Å²) < 4.78 is 2.66. The minimum absolute atomic E-state index is 0.0168. The van der Waals surface area contributed by atoms with Crippen molar-refractivity contribution in [3.05, 3.63) is 51.8 Å². The molecule has 0 bridgehead atoms. The lowest BCUT2D eigenvalue weighted by Gasteiger charge is -2.07. The van der Waals surface area contributed by atoms with Crippen LogP contribution < -0.4 is 0 Å². The van der Waals surface area contributed by atoms with Crippen molar-refractivity contribution >= 4 is 21.7 Å². The van der Waals surface area contributed by atoms with Crippen LogP contribution in [0.3, 0.4) is 0 Å². The molecule has 2 rings (SSSR count). The van der Waals surface area contributed by atoms with Gasteiger partial charge in [-0.25, -0.2) is 0 Å². The maximum Gasteiger partial charge on any atom is 0.211 e. The molecular weight excluding hydrogens is 280 g/mol. The molecule has 0 atom stereocenters. The summed E-state index contributed by atoms with van der Waals surface area (Å²) in [4.78, 5) is 12.4. The Morgan fingerprint density at radius 3 is 2.88 bits per heavy atom. The number of rotatable bonds is 3. The van der Waals surface area contributed by atoms with Crippen LogP contribution in [0.25, 0.3) is 0 Å². The van der Waals surface area contributed by atoms with E-state index in [1.54, 1.807) is 16.9 Å². The van der Waals surface area contributed by atoms with E-state index in [0.717, 1.165) is 15.6 Å². The van der Waals surface area contributed by atoms with E-state index in [9.17, 15) is 4.79 Å². The van der Waals surface area contributed by atoms with Gasteiger partial charge in [0, 0.05) is 22.8 Å². The lowest BCUT2D eigenvalue weighted by Crippen LogP contribution is -2.11. The Morgan fingerprint density at radius 1 is 1.41 bits per heavy atom. The van der Waals surface area contributed by atoms with Gasteiger partial charge in [-0.1, -0.05) is 28.1 Å². The van der Waals surface area contributed by atoms with Gasteiger partial charge in [-0.2, -0.15) is 5.10 Å². The number of carbonyl (C=O) groups is 1. The van der Waals surface area contributed by atoms with Gasteiger partial charge in [-0.3, -0.25) is 9.48 Å². The van der Waals surface area contributed by atoms with Crippen LogP contribution in [0.1, 0.15) is 28.5 Å². The van der Waals surface area contributed by atoms with Crippen molar-refractivity contribution in [2.75, 3.05) is 0 Å². The van der Waals surface area contributed by atoms with Gasteiger partial charge < -0.3 is 0 Å².